The van der Waals surface area contributed by atoms with Gasteiger partial charge in [-0.15, -0.1) is 0 Å². The first-order chi connectivity index (χ1) is 9.88. The lowest BCUT2D eigenvalue weighted by molar-refractivity contribution is 0.209. The van der Waals surface area contributed by atoms with Crippen LogP contribution in [0.2, 0.25) is 0 Å². The number of benzene rings is 2. The normalized spacial score (nSPS) is 11.0. The van der Waals surface area contributed by atoms with Crippen molar-refractivity contribution >= 4 is 21.6 Å². The lowest BCUT2D eigenvalue weighted by Gasteiger charge is -2.16. The van der Waals surface area contributed by atoms with Crippen molar-refractivity contribution < 1.29 is 17.9 Å². The van der Waals surface area contributed by atoms with Gasteiger partial charge in [0, 0.05) is 19.0 Å². The fourth-order valence-corrected chi connectivity index (χ4v) is 2.31. The summed E-state index contributed by atoms with van der Waals surface area (Å²) in [7, 11) is -1.66. The highest BCUT2D eigenvalue weighted by Gasteiger charge is 2.13. The van der Waals surface area contributed by atoms with Crippen molar-refractivity contribution in [2.24, 2.45) is 0 Å². The molecule has 1 amide bonds. The number of para-hydroxylation sites is 1. The Hall–Kier alpha value is -2.34. The summed E-state index contributed by atoms with van der Waals surface area (Å²) < 4.78 is 27.9. The van der Waals surface area contributed by atoms with E-state index in [1.807, 2.05) is 18.2 Å². The first kappa shape index (κ1) is 15.1. The van der Waals surface area contributed by atoms with Gasteiger partial charge in [-0.05, 0) is 36.4 Å². The Labute approximate surface area is 123 Å². The molecule has 2 aromatic carbocycles. The molecule has 0 saturated carbocycles. The smallest absolute Gasteiger partial charge is 0.410 e. The van der Waals surface area contributed by atoms with Gasteiger partial charge in [-0.3, -0.25) is 4.90 Å². The number of amides is 1. The topological polar surface area (TPSA) is 63.7 Å². The van der Waals surface area contributed by atoms with Gasteiger partial charge in [-0.1, -0.05) is 18.2 Å². The first-order valence-corrected chi connectivity index (χ1v) is 8.08. The van der Waals surface area contributed by atoms with Crippen molar-refractivity contribution in [2.45, 2.75) is 4.90 Å². The monoisotopic (exact) mass is 305 g/mol. The van der Waals surface area contributed by atoms with Crippen molar-refractivity contribution in [3.63, 3.8) is 0 Å². The molecule has 110 valence electrons. The molecule has 0 spiro atoms. The number of hydrogen-bond acceptors (Lipinski definition) is 4. The van der Waals surface area contributed by atoms with Gasteiger partial charge in [-0.25, -0.2) is 13.2 Å². The predicted octanol–water partition coefficient (Wildman–Crippen LogP) is 2.73. The van der Waals surface area contributed by atoms with Crippen LogP contribution in [0.4, 0.5) is 10.5 Å². The lowest BCUT2D eigenvalue weighted by Crippen LogP contribution is -2.29. The zero-order valence-electron chi connectivity index (χ0n) is 11.7. The highest BCUT2D eigenvalue weighted by molar-refractivity contribution is 7.90. The summed E-state index contributed by atoms with van der Waals surface area (Å²) in [5, 5.41) is 0. The molecule has 0 aliphatic heterocycles. The number of anilines is 1. The summed E-state index contributed by atoms with van der Waals surface area (Å²) in [5.74, 6) is 0.287. The van der Waals surface area contributed by atoms with E-state index in [1.54, 1.807) is 19.2 Å². The quantitative estimate of drug-likeness (QED) is 0.874. The predicted molar refractivity (Wildman–Crippen MR) is 80.4 cm³/mol. The molecule has 0 bridgehead atoms. The molecule has 21 heavy (non-hydrogen) atoms. The second kappa shape index (κ2) is 5.97. The van der Waals surface area contributed by atoms with Crippen LogP contribution in [-0.4, -0.2) is 27.8 Å². The highest BCUT2D eigenvalue weighted by Crippen LogP contribution is 2.18. The molecule has 0 saturated heterocycles. The molecule has 0 aliphatic rings. The molecule has 0 aliphatic carbocycles. The van der Waals surface area contributed by atoms with Crippen LogP contribution >= 0.6 is 0 Å². The van der Waals surface area contributed by atoms with Crippen LogP contribution in [0.1, 0.15) is 0 Å². The zero-order chi connectivity index (χ0) is 15.5. The fourth-order valence-electron chi connectivity index (χ4n) is 1.68. The summed E-state index contributed by atoms with van der Waals surface area (Å²) in [4.78, 5) is 13.5. The average Bonchev–Trinajstić information content (AvgIpc) is 2.47. The third-order valence-electron chi connectivity index (χ3n) is 2.87. The maximum absolute atomic E-state index is 12.0. The summed E-state index contributed by atoms with van der Waals surface area (Å²) >= 11 is 0. The highest BCUT2D eigenvalue weighted by atomic mass is 32.2. The van der Waals surface area contributed by atoms with Gasteiger partial charge in [-0.2, -0.15) is 0 Å². The third kappa shape index (κ3) is 3.82. The average molecular weight is 305 g/mol. The van der Waals surface area contributed by atoms with Gasteiger partial charge < -0.3 is 4.74 Å². The second-order valence-electron chi connectivity index (χ2n) is 4.51. The van der Waals surface area contributed by atoms with Crippen molar-refractivity contribution in [3.05, 3.63) is 54.6 Å². The molecule has 6 heteroatoms. The molecule has 0 N–H and O–H groups in total. The molecular formula is C15H15NO4S. The minimum absolute atomic E-state index is 0.179. The van der Waals surface area contributed by atoms with E-state index in [0.717, 1.165) is 6.26 Å². The fraction of sp³-hybridized carbons (Fsp3) is 0.133. The summed E-state index contributed by atoms with van der Waals surface area (Å²) in [6, 6.07) is 14.8. The zero-order valence-corrected chi connectivity index (χ0v) is 12.5. The molecule has 0 unspecified atom stereocenters. The number of nitrogens with zero attached hydrogens (tertiary/aromatic N) is 1. The van der Waals surface area contributed by atoms with Crippen LogP contribution in [0.3, 0.4) is 0 Å². The van der Waals surface area contributed by atoms with E-state index in [9.17, 15) is 13.2 Å². The SMILES string of the molecule is CN(C(=O)Oc1ccc(S(C)(=O)=O)cc1)c1ccccc1. The van der Waals surface area contributed by atoms with Gasteiger partial charge in [0.1, 0.15) is 5.75 Å². The number of hydrogen-bond donors (Lipinski definition) is 0. The second-order valence-corrected chi connectivity index (χ2v) is 6.52. The van der Waals surface area contributed by atoms with E-state index in [-0.39, 0.29) is 10.6 Å². The van der Waals surface area contributed by atoms with Crippen LogP contribution in [-0.2, 0) is 9.84 Å². The van der Waals surface area contributed by atoms with Crippen molar-refractivity contribution in [1.29, 1.82) is 0 Å². The van der Waals surface area contributed by atoms with Gasteiger partial charge in [0.05, 0.1) is 4.90 Å². The Balaban J connectivity index is 2.10. The maximum Gasteiger partial charge on any atom is 0.419 e. The van der Waals surface area contributed by atoms with Crippen molar-refractivity contribution in [3.8, 4) is 5.75 Å². The van der Waals surface area contributed by atoms with E-state index in [0.29, 0.717) is 5.69 Å². The molecular weight excluding hydrogens is 290 g/mol. The Morgan fingerprint density at radius 2 is 1.57 bits per heavy atom. The Morgan fingerprint density at radius 3 is 2.10 bits per heavy atom. The molecule has 0 aromatic heterocycles. The van der Waals surface area contributed by atoms with Crippen LogP contribution in [0.25, 0.3) is 0 Å². The molecule has 5 nitrogen and oxygen atoms in total. The van der Waals surface area contributed by atoms with E-state index in [4.69, 9.17) is 4.74 Å². The summed E-state index contributed by atoms with van der Waals surface area (Å²) in [6.07, 6.45) is 0.574. The standard InChI is InChI=1S/C15H15NO4S/c1-16(12-6-4-3-5-7-12)15(17)20-13-8-10-14(11-9-13)21(2,18)19/h3-11H,1-2H3. The van der Waals surface area contributed by atoms with Crippen molar-refractivity contribution in [1.82, 2.24) is 0 Å². The Morgan fingerprint density at radius 1 is 1.00 bits per heavy atom. The van der Waals surface area contributed by atoms with E-state index in [2.05, 4.69) is 0 Å². The van der Waals surface area contributed by atoms with Gasteiger partial charge >= 0.3 is 6.09 Å². The number of carbonyl (C=O) groups excluding carboxylic acids is 1. The number of rotatable bonds is 3. The number of carbonyl (C=O) groups is 1. The van der Waals surface area contributed by atoms with Crippen LogP contribution < -0.4 is 9.64 Å². The first-order valence-electron chi connectivity index (χ1n) is 6.18. The van der Waals surface area contributed by atoms with Gasteiger partial charge in [0.25, 0.3) is 0 Å². The van der Waals surface area contributed by atoms with Crippen LogP contribution in [0.5, 0.6) is 5.75 Å². The molecule has 0 fully saturated rings. The molecule has 0 radical (unpaired) electrons. The largest absolute Gasteiger partial charge is 0.419 e. The van der Waals surface area contributed by atoms with Crippen LogP contribution in [0, 0.1) is 0 Å². The Kier molecular flexibility index (Phi) is 4.28. The maximum atomic E-state index is 12.0. The van der Waals surface area contributed by atoms with E-state index < -0.39 is 15.9 Å². The minimum atomic E-state index is -3.26. The lowest BCUT2D eigenvalue weighted by atomic mass is 10.3. The number of ether oxygens (including phenoxy) is 1. The van der Waals surface area contributed by atoms with Gasteiger partial charge in [0.15, 0.2) is 9.84 Å². The summed E-state index contributed by atoms with van der Waals surface area (Å²) in [5.41, 5.74) is 0.704. The van der Waals surface area contributed by atoms with Gasteiger partial charge in [0.2, 0.25) is 0 Å². The minimum Gasteiger partial charge on any atom is -0.410 e. The molecule has 2 aromatic rings. The Bertz CT molecular complexity index is 724. The molecule has 2 rings (SSSR count). The van der Waals surface area contributed by atoms with E-state index in [1.165, 1.54) is 29.2 Å². The number of sulfone groups is 1. The molecule has 0 atom stereocenters. The third-order valence-corrected chi connectivity index (χ3v) is 4.00. The summed E-state index contributed by atoms with van der Waals surface area (Å²) in [6.45, 7) is 0. The van der Waals surface area contributed by atoms with Crippen LogP contribution in [0.15, 0.2) is 59.5 Å². The van der Waals surface area contributed by atoms with Crippen molar-refractivity contribution in [2.75, 3.05) is 18.2 Å². The molecule has 0 heterocycles. The van der Waals surface area contributed by atoms with E-state index >= 15 is 0 Å².